The van der Waals surface area contributed by atoms with Crippen LogP contribution in [0.2, 0.25) is 0 Å². The molecule has 0 unspecified atom stereocenters. The predicted molar refractivity (Wildman–Crippen MR) is 97.6 cm³/mol. The van der Waals surface area contributed by atoms with Gasteiger partial charge in [-0.2, -0.15) is 10.2 Å². The van der Waals surface area contributed by atoms with E-state index in [0.717, 1.165) is 22.7 Å². The van der Waals surface area contributed by atoms with Gasteiger partial charge < -0.3 is 4.74 Å². The number of hydrogen-bond donors (Lipinski definition) is 1. The second-order valence-electron chi connectivity index (χ2n) is 5.64. The summed E-state index contributed by atoms with van der Waals surface area (Å²) in [7, 11) is 1.64. The largest absolute Gasteiger partial charge is 0.497 e. The Morgan fingerprint density at radius 3 is 2.48 bits per heavy atom. The number of nitrogens with zero attached hydrogens (tertiary/aromatic N) is 5. The molecular weight excluding hydrogens is 316 g/mol. The van der Waals surface area contributed by atoms with Crippen LogP contribution in [0, 0.1) is 20.8 Å². The van der Waals surface area contributed by atoms with E-state index in [1.54, 1.807) is 18.0 Å². The Kier molecular flexibility index (Phi) is 4.74. The minimum atomic E-state index is 0.611. The van der Waals surface area contributed by atoms with Gasteiger partial charge in [0.15, 0.2) is 11.6 Å². The molecule has 3 rings (SSSR count). The van der Waals surface area contributed by atoms with Gasteiger partial charge in [-0.3, -0.25) is 5.43 Å². The minimum Gasteiger partial charge on any atom is -0.497 e. The van der Waals surface area contributed by atoms with E-state index in [-0.39, 0.29) is 0 Å². The van der Waals surface area contributed by atoms with Crippen LogP contribution in [0.15, 0.2) is 41.5 Å². The lowest BCUT2D eigenvalue weighted by Gasteiger charge is -2.07. The maximum Gasteiger partial charge on any atom is 0.159 e. The van der Waals surface area contributed by atoms with Crippen LogP contribution in [-0.2, 0) is 0 Å². The van der Waals surface area contributed by atoms with Gasteiger partial charge in [0.05, 0.1) is 19.0 Å². The average Bonchev–Trinajstić information content (AvgIpc) is 2.93. The number of nitrogens with one attached hydrogen (secondary N) is 1. The molecule has 2 aromatic heterocycles. The molecule has 1 N–H and O–H groups in total. The van der Waals surface area contributed by atoms with Crippen molar-refractivity contribution in [2.45, 2.75) is 20.8 Å². The molecule has 0 radical (unpaired) electrons. The number of anilines is 1. The van der Waals surface area contributed by atoms with E-state index in [1.165, 1.54) is 0 Å². The normalized spacial score (nSPS) is 11.0. The number of benzene rings is 1. The molecule has 0 bridgehead atoms. The van der Waals surface area contributed by atoms with Crippen LogP contribution in [0.5, 0.6) is 5.75 Å². The molecule has 0 aliphatic rings. The van der Waals surface area contributed by atoms with E-state index >= 15 is 0 Å². The number of methoxy groups -OCH3 is 1. The fourth-order valence-electron chi connectivity index (χ4n) is 2.44. The van der Waals surface area contributed by atoms with Crippen LogP contribution < -0.4 is 10.2 Å². The molecule has 128 valence electrons. The van der Waals surface area contributed by atoms with Crippen molar-refractivity contribution in [1.82, 2.24) is 19.7 Å². The number of hydrazone groups is 1. The van der Waals surface area contributed by atoms with Crippen molar-refractivity contribution in [1.29, 1.82) is 0 Å². The van der Waals surface area contributed by atoms with Crippen LogP contribution >= 0.6 is 0 Å². The first-order chi connectivity index (χ1) is 12.0. The Bertz CT molecular complexity index is 898. The number of aromatic nitrogens is 4. The van der Waals surface area contributed by atoms with Gasteiger partial charge in [0.2, 0.25) is 0 Å². The van der Waals surface area contributed by atoms with E-state index in [9.17, 15) is 0 Å². The van der Waals surface area contributed by atoms with Crippen molar-refractivity contribution in [3.8, 4) is 11.6 Å². The molecule has 0 amide bonds. The average molecular weight is 336 g/mol. The molecule has 7 heteroatoms. The fourth-order valence-corrected chi connectivity index (χ4v) is 2.44. The third kappa shape index (κ3) is 4.00. The maximum atomic E-state index is 5.14. The van der Waals surface area contributed by atoms with Gasteiger partial charge in [0, 0.05) is 11.8 Å². The summed E-state index contributed by atoms with van der Waals surface area (Å²) >= 11 is 0. The van der Waals surface area contributed by atoms with Gasteiger partial charge >= 0.3 is 0 Å². The van der Waals surface area contributed by atoms with Crippen LogP contribution in [0.3, 0.4) is 0 Å². The molecule has 0 spiro atoms. The molecular formula is C18H20N6O. The van der Waals surface area contributed by atoms with Gasteiger partial charge in [-0.25, -0.2) is 14.6 Å². The van der Waals surface area contributed by atoms with E-state index in [4.69, 9.17) is 4.74 Å². The van der Waals surface area contributed by atoms with Crippen LogP contribution in [0.4, 0.5) is 5.82 Å². The molecule has 25 heavy (non-hydrogen) atoms. The first-order valence-corrected chi connectivity index (χ1v) is 7.87. The molecule has 3 aromatic rings. The third-order valence-electron chi connectivity index (χ3n) is 3.56. The standard InChI is InChI=1S/C18H20N6O/c1-12-9-13(2)24(23-12)18-10-17(20-14(3)21-18)22-19-11-15-5-7-16(25-4)8-6-15/h5-11H,1-4H3,(H,20,21,22)/b19-11+. The molecule has 0 atom stereocenters. The molecule has 0 aliphatic carbocycles. The zero-order chi connectivity index (χ0) is 17.8. The van der Waals surface area contributed by atoms with Gasteiger partial charge in [-0.1, -0.05) is 0 Å². The summed E-state index contributed by atoms with van der Waals surface area (Å²) in [4.78, 5) is 8.80. The first-order valence-electron chi connectivity index (χ1n) is 7.87. The van der Waals surface area contributed by atoms with E-state index in [2.05, 4.69) is 25.6 Å². The first kappa shape index (κ1) is 16.6. The highest BCUT2D eigenvalue weighted by Crippen LogP contribution is 2.14. The lowest BCUT2D eigenvalue weighted by atomic mass is 10.2. The summed E-state index contributed by atoms with van der Waals surface area (Å²) in [6.45, 7) is 5.79. The zero-order valence-corrected chi connectivity index (χ0v) is 14.7. The molecule has 1 aromatic carbocycles. The summed E-state index contributed by atoms with van der Waals surface area (Å²) in [6, 6.07) is 11.4. The second kappa shape index (κ2) is 7.12. The molecule has 2 heterocycles. The van der Waals surface area contributed by atoms with Crippen LogP contribution in [-0.4, -0.2) is 33.1 Å². The van der Waals surface area contributed by atoms with Gasteiger partial charge in [0.25, 0.3) is 0 Å². The van der Waals surface area contributed by atoms with E-state index < -0.39 is 0 Å². The molecule has 0 aliphatic heterocycles. The summed E-state index contributed by atoms with van der Waals surface area (Å²) in [5.74, 6) is 2.78. The topological polar surface area (TPSA) is 77.2 Å². The smallest absolute Gasteiger partial charge is 0.159 e. The SMILES string of the molecule is COc1ccc(/C=N/Nc2cc(-n3nc(C)cc3C)nc(C)n2)cc1. The second-order valence-corrected chi connectivity index (χ2v) is 5.64. The summed E-state index contributed by atoms with van der Waals surface area (Å²) in [6.07, 6.45) is 1.72. The summed E-state index contributed by atoms with van der Waals surface area (Å²) in [5, 5.41) is 8.69. The third-order valence-corrected chi connectivity index (χ3v) is 3.56. The zero-order valence-electron chi connectivity index (χ0n) is 14.7. The summed E-state index contributed by atoms with van der Waals surface area (Å²) in [5.41, 5.74) is 5.86. The van der Waals surface area contributed by atoms with E-state index in [1.807, 2.05) is 57.2 Å². The highest BCUT2D eigenvalue weighted by molar-refractivity contribution is 5.80. The lowest BCUT2D eigenvalue weighted by Crippen LogP contribution is -2.06. The summed E-state index contributed by atoms with van der Waals surface area (Å²) < 4.78 is 6.93. The van der Waals surface area contributed by atoms with Gasteiger partial charge in [0.1, 0.15) is 11.6 Å². The van der Waals surface area contributed by atoms with E-state index in [0.29, 0.717) is 17.5 Å². The minimum absolute atomic E-state index is 0.611. The Labute approximate surface area is 146 Å². The monoisotopic (exact) mass is 336 g/mol. The number of hydrogen-bond acceptors (Lipinski definition) is 6. The number of ether oxygens (including phenoxy) is 1. The van der Waals surface area contributed by atoms with Crippen LogP contribution in [0.1, 0.15) is 22.8 Å². The van der Waals surface area contributed by atoms with Crippen molar-refractivity contribution >= 4 is 12.0 Å². The predicted octanol–water partition coefficient (Wildman–Crippen LogP) is 3.04. The van der Waals surface area contributed by atoms with Crippen LogP contribution in [0.25, 0.3) is 5.82 Å². The van der Waals surface area contributed by atoms with Gasteiger partial charge in [-0.15, -0.1) is 0 Å². The number of rotatable bonds is 5. The van der Waals surface area contributed by atoms with Crippen molar-refractivity contribution in [2.75, 3.05) is 12.5 Å². The van der Waals surface area contributed by atoms with Crippen molar-refractivity contribution in [2.24, 2.45) is 5.10 Å². The Morgan fingerprint density at radius 2 is 1.84 bits per heavy atom. The van der Waals surface area contributed by atoms with Crippen molar-refractivity contribution in [3.63, 3.8) is 0 Å². The molecule has 0 saturated carbocycles. The molecule has 7 nitrogen and oxygen atoms in total. The number of aryl methyl sites for hydroxylation is 3. The molecule has 0 saturated heterocycles. The molecule has 0 fully saturated rings. The maximum absolute atomic E-state index is 5.14. The van der Waals surface area contributed by atoms with Gasteiger partial charge in [-0.05, 0) is 56.7 Å². The van der Waals surface area contributed by atoms with Crippen molar-refractivity contribution in [3.05, 3.63) is 59.2 Å². The van der Waals surface area contributed by atoms with Crippen molar-refractivity contribution < 1.29 is 4.74 Å². The highest BCUT2D eigenvalue weighted by Gasteiger charge is 2.08. The Balaban J connectivity index is 1.78. The fraction of sp³-hybridized carbons (Fsp3) is 0.222. The quantitative estimate of drug-likeness (QED) is 0.572. The lowest BCUT2D eigenvalue weighted by molar-refractivity contribution is 0.415. The Hall–Kier alpha value is -3.22. The highest BCUT2D eigenvalue weighted by atomic mass is 16.5. The Morgan fingerprint density at radius 1 is 1.08 bits per heavy atom.